The Balaban J connectivity index is 1.49. The fourth-order valence-corrected chi connectivity index (χ4v) is 3.80. The van der Waals surface area contributed by atoms with Gasteiger partial charge >= 0.3 is 6.01 Å². The van der Waals surface area contributed by atoms with Crippen LogP contribution in [0.3, 0.4) is 0 Å². The molecule has 204 valence electrons. The molecular weight excluding hydrogens is 495 g/mol. The van der Waals surface area contributed by atoms with Crippen molar-refractivity contribution in [2.75, 3.05) is 53.6 Å². The summed E-state index contributed by atoms with van der Waals surface area (Å²) in [7, 11) is 3.91. The van der Waals surface area contributed by atoms with E-state index in [1.165, 1.54) is 12.1 Å². The molecule has 0 aliphatic carbocycles. The lowest BCUT2D eigenvalue weighted by molar-refractivity contribution is -0.200. The zero-order chi connectivity index (χ0) is 26.9. The van der Waals surface area contributed by atoms with Crippen LogP contribution >= 0.6 is 0 Å². The van der Waals surface area contributed by atoms with Crippen LogP contribution in [-0.4, -0.2) is 95.8 Å². The molecule has 1 aliphatic heterocycles. The topological polar surface area (TPSA) is 135 Å². The zero-order valence-electron chi connectivity index (χ0n) is 21.5. The Kier molecular flexibility index (Phi) is 9.71. The third-order valence-electron chi connectivity index (χ3n) is 5.86. The van der Waals surface area contributed by atoms with Gasteiger partial charge in [0, 0.05) is 31.5 Å². The molecule has 0 atom stereocenters. The zero-order valence-corrected chi connectivity index (χ0v) is 21.5. The third kappa shape index (κ3) is 7.54. The molecular formula is C26H33FN6O5. The summed E-state index contributed by atoms with van der Waals surface area (Å²) in [5, 5.41) is 11.6. The molecule has 4 rings (SSSR count). The number of nitrogens with one attached hydrogen (secondary N) is 2. The molecule has 1 saturated heterocycles. The van der Waals surface area contributed by atoms with E-state index in [1.807, 2.05) is 19.0 Å². The van der Waals surface area contributed by atoms with Crippen molar-refractivity contribution in [1.29, 1.82) is 0 Å². The number of aromatic nitrogens is 4. The van der Waals surface area contributed by atoms with E-state index in [9.17, 15) is 9.18 Å². The minimum absolute atomic E-state index is 0.0187. The molecule has 2 aromatic heterocycles. The van der Waals surface area contributed by atoms with Gasteiger partial charge in [-0.2, -0.15) is 4.98 Å². The molecule has 0 unspecified atom stereocenters. The number of aliphatic hydroxyl groups excluding tert-OH is 1. The van der Waals surface area contributed by atoms with E-state index in [1.54, 1.807) is 24.4 Å². The van der Waals surface area contributed by atoms with Gasteiger partial charge in [0.2, 0.25) is 5.91 Å². The van der Waals surface area contributed by atoms with Crippen LogP contribution in [-0.2, 0) is 20.7 Å². The van der Waals surface area contributed by atoms with E-state index in [2.05, 4.69) is 20.3 Å². The van der Waals surface area contributed by atoms with Crippen molar-refractivity contribution in [1.82, 2.24) is 30.2 Å². The van der Waals surface area contributed by atoms with Gasteiger partial charge in [0.1, 0.15) is 18.2 Å². The maximum Gasteiger partial charge on any atom is 0.316 e. The highest BCUT2D eigenvalue weighted by Crippen LogP contribution is 2.30. The smallest absolute Gasteiger partial charge is 0.316 e. The number of rotatable bonds is 12. The fourth-order valence-electron chi connectivity index (χ4n) is 3.80. The number of imidazole rings is 1. The van der Waals surface area contributed by atoms with Crippen LogP contribution in [0, 0.1) is 11.7 Å². The second kappa shape index (κ2) is 13.4. The molecule has 1 amide bonds. The average molecular weight is 529 g/mol. The average Bonchev–Trinajstić information content (AvgIpc) is 3.33. The highest BCUT2D eigenvalue weighted by atomic mass is 19.1. The monoisotopic (exact) mass is 528 g/mol. The maximum atomic E-state index is 13.6. The number of aromatic amines is 1. The number of carbonyl (C=O) groups excluding carboxylic acids is 1. The van der Waals surface area contributed by atoms with E-state index in [0.717, 1.165) is 6.54 Å². The number of ether oxygens (including phenoxy) is 3. The van der Waals surface area contributed by atoms with Gasteiger partial charge in [0.15, 0.2) is 6.29 Å². The van der Waals surface area contributed by atoms with Crippen molar-refractivity contribution in [2.24, 2.45) is 5.92 Å². The predicted molar refractivity (Wildman–Crippen MR) is 137 cm³/mol. The van der Waals surface area contributed by atoms with Gasteiger partial charge in [-0.15, -0.1) is 0 Å². The first-order chi connectivity index (χ1) is 18.4. The Morgan fingerprint density at radius 3 is 2.68 bits per heavy atom. The SMILES string of the molecule is CN(C)CCOc1nccc(-c2[nH]c(CC3OCC(C(=O)NCCCO)CO3)nc2-c2ccc(F)cc2)n1. The highest BCUT2D eigenvalue weighted by Gasteiger charge is 2.28. The molecule has 3 N–H and O–H groups in total. The second-order valence-corrected chi connectivity index (χ2v) is 9.16. The number of hydrogen-bond donors (Lipinski definition) is 3. The maximum absolute atomic E-state index is 13.6. The van der Waals surface area contributed by atoms with Crippen molar-refractivity contribution in [3.8, 4) is 28.7 Å². The summed E-state index contributed by atoms with van der Waals surface area (Å²) in [4.78, 5) is 31.0. The number of amides is 1. The molecule has 38 heavy (non-hydrogen) atoms. The number of halogens is 1. The van der Waals surface area contributed by atoms with Crippen molar-refractivity contribution < 1.29 is 28.5 Å². The molecule has 1 aromatic carbocycles. The van der Waals surface area contributed by atoms with Crippen LogP contribution in [0.4, 0.5) is 4.39 Å². The Labute approximate surface area is 220 Å². The lowest BCUT2D eigenvalue weighted by Gasteiger charge is -2.28. The van der Waals surface area contributed by atoms with E-state index in [-0.39, 0.29) is 37.6 Å². The van der Waals surface area contributed by atoms with Crippen LogP contribution in [0.5, 0.6) is 6.01 Å². The minimum Gasteiger partial charge on any atom is -0.462 e. The van der Waals surface area contributed by atoms with E-state index >= 15 is 0 Å². The fraction of sp³-hybridized carbons (Fsp3) is 0.462. The van der Waals surface area contributed by atoms with Gasteiger partial charge < -0.3 is 34.5 Å². The number of H-pyrrole nitrogens is 1. The lowest BCUT2D eigenvalue weighted by atomic mass is 10.1. The van der Waals surface area contributed by atoms with Gasteiger partial charge in [-0.1, -0.05) is 0 Å². The molecule has 0 radical (unpaired) electrons. The van der Waals surface area contributed by atoms with Gasteiger partial charge in [-0.25, -0.2) is 14.4 Å². The Hall–Kier alpha value is -3.45. The normalized spacial score (nSPS) is 17.5. The number of hydrogen-bond acceptors (Lipinski definition) is 9. The van der Waals surface area contributed by atoms with Gasteiger partial charge in [0.05, 0.1) is 42.6 Å². The summed E-state index contributed by atoms with van der Waals surface area (Å²) in [6.07, 6.45) is 1.83. The van der Waals surface area contributed by atoms with Gasteiger partial charge in [0.25, 0.3) is 0 Å². The van der Waals surface area contributed by atoms with Crippen LogP contribution < -0.4 is 10.1 Å². The molecule has 3 aromatic rings. The summed E-state index contributed by atoms with van der Waals surface area (Å²) in [5.41, 5.74) is 2.50. The van der Waals surface area contributed by atoms with E-state index in [4.69, 9.17) is 24.3 Å². The number of nitrogens with zero attached hydrogens (tertiary/aromatic N) is 4. The standard InChI is InChI=1S/C26H33FN6O5/c1-33(2)11-13-36-26-29-10-8-20(30-26)24-23(17-4-6-19(27)7-5-17)31-21(32-24)14-22-37-15-18(16-38-22)25(35)28-9-3-12-34/h4-8,10,18,22,34H,3,9,11-16H2,1-2H3,(H,28,35)(H,31,32). The third-order valence-corrected chi connectivity index (χ3v) is 5.86. The summed E-state index contributed by atoms with van der Waals surface area (Å²) in [6.45, 7) is 2.01. The molecule has 0 bridgehead atoms. The van der Waals surface area contributed by atoms with Crippen molar-refractivity contribution in [2.45, 2.75) is 19.1 Å². The van der Waals surface area contributed by atoms with Crippen LogP contribution in [0.2, 0.25) is 0 Å². The first-order valence-corrected chi connectivity index (χ1v) is 12.5. The van der Waals surface area contributed by atoms with Crippen LogP contribution in [0.25, 0.3) is 22.6 Å². The second-order valence-electron chi connectivity index (χ2n) is 9.16. The number of likely N-dealkylation sites (N-methyl/N-ethyl adjacent to an activating group) is 1. The first kappa shape index (κ1) is 27.6. The van der Waals surface area contributed by atoms with Crippen molar-refractivity contribution >= 4 is 5.91 Å². The van der Waals surface area contributed by atoms with E-state index in [0.29, 0.717) is 54.5 Å². The molecule has 3 heterocycles. The number of aliphatic hydroxyl groups is 1. The molecule has 0 spiro atoms. The minimum atomic E-state index is -0.591. The molecule has 1 aliphatic rings. The lowest BCUT2D eigenvalue weighted by Crippen LogP contribution is -2.42. The molecule has 0 saturated carbocycles. The summed E-state index contributed by atoms with van der Waals surface area (Å²) in [6, 6.07) is 8.05. The van der Waals surface area contributed by atoms with Crippen molar-refractivity contribution in [3.63, 3.8) is 0 Å². The Bertz CT molecular complexity index is 1180. The van der Waals surface area contributed by atoms with Gasteiger partial charge in [-0.3, -0.25) is 4.79 Å². The Morgan fingerprint density at radius 2 is 1.97 bits per heavy atom. The number of carbonyl (C=O) groups is 1. The number of benzene rings is 1. The van der Waals surface area contributed by atoms with E-state index < -0.39 is 12.2 Å². The Morgan fingerprint density at radius 1 is 1.21 bits per heavy atom. The first-order valence-electron chi connectivity index (χ1n) is 12.5. The summed E-state index contributed by atoms with van der Waals surface area (Å²) < 4.78 is 30.9. The molecule has 11 nitrogen and oxygen atoms in total. The van der Waals surface area contributed by atoms with Crippen molar-refractivity contribution in [3.05, 3.63) is 48.2 Å². The summed E-state index contributed by atoms with van der Waals surface area (Å²) in [5.74, 6) is -0.338. The van der Waals surface area contributed by atoms with Gasteiger partial charge in [-0.05, 0) is 50.8 Å². The predicted octanol–water partition coefficient (Wildman–Crippen LogP) is 1.64. The highest BCUT2D eigenvalue weighted by molar-refractivity contribution is 5.79. The van der Waals surface area contributed by atoms with Crippen LogP contribution in [0.1, 0.15) is 12.2 Å². The molecule has 1 fully saturated rings. The quantitative estimate of drug-likeness (QED) is 0.300. The largest absolute Gasteiger partial charge is 0.462 e. The molecule has 12 heteroatoms. The summed E-state index contributed by atoms with van der Waals surface area (Å²) >= 11 is 0. The van der Waals surface area contributed by atoms with Crippen LogP contribution in [0.15, 0.2) is 36.5 Å².